The van der Waals surface area contributed by atoms with Crippen molar-refractivity contribution in [2.24, 2.45) is 5.84 Å². The Labute approximate surface area is 119 Å². The van der Waals surface area contributed by atoms with Crippen LogP contribution in [0.4, 0.5) is 11.5 Å². The molecular weight excluding hydrogens is 308 g/mol. The molecule has 0 radical (unpaired) electrons. The van der Waals surface area contributed by atoms with Gasteiger partial charge in [-0.1, -0.05) is 12.1 Å². The number of amides is 1. The van der Waals surface area contributed by atoms with E-state index < -0.39 is 0 Å². The molecule has 0 saturated heterocycles. The molecule has 0 aliphatic rings. The van der Waals surface area contributed by atoms with Crippen LogP contribution in [-0.2, 0) is 0 Å². The number of hydrogen-bond donors (Lipinski definition) is 3. The van der Waals surface area contributed by atoms with E-state index in [0.717, 1.165) is 10.0 Å². The lowest BCUT2D eigenvalue weighted by molar-refractivity contribution is 0.102. The van der Waals surface area contributed by atoms with Crippen molar-refractivity contribution in [3.63, 3.8) is 0 Å². The van der Waals surface area contributed by atoms with Gasteiger partial charge in [-0.05, 0) is 46.6 Å². The molecule has 98 valence electrons. The highest BCUT2D eigenvalue weighted by Gasteiger charge is 2.12. The predicted molar refractivity (Wildman–Crippen MR) is 78.9 cm³/mol. The van der Waals surface area contributed by atoms with Gasteiger partial charge in [-0.2, -0.15) is 0 Å². The number of hydrogen-bond acceptors (Lipinski definition) is 4. The first-order valence-corrected chi connectivity index (χ1v) is 6.40. The first-order chi connectivity index (χ1) is 9.11. The summed E-state index contributed by atoms with van der Waals surface area (Å²) in [4.78, 5) is 16.3. The fraction of sp³-hybridized carbons (Fsp3) is 0.0769. The molecule has 1 aromatic carbocycles. The summed E-state index contributed by atoms with van der Waals surface area (Å²) >= 11 is 3.33. The Morgan fingerprint density at radius 3 is 2.79 bits per heavy atom. The van der Waals surface area contributed by atoms with Crippen molar-refractivity contribution in [2.45, 2.75) is 6.92 Å². The number of nitrogens with zero attached hydrogens (tertiary/aromatic N) is 1. The monoisotopic (exact) mass is 320 g/mol. The van der Waals surface area contributed by atoms with Crippen molar-refractivity contribution < 1.29 is 4.79 Å². The predicted octanol–water partition coefficient (Wildman–Crippen LogP) is 2.69. The molecule has 2 aromatic rings. The van der Waals surface area contributed by atoms with Crippen LogP contribution in [0.15, 0.2) is 41.0 Å². The minimum absolute atomic E-state index is 0.258. The van der Waals surface area contributed by atoms with Crippen LogP contribution in [0.2, 0.25) is 0 Å². The highest BCUT2D eigenvalue weighted by molar-refractivity contribution is 9.10. The van der Waals surface area contributed by atoms with E-state index in [1.807, 2.05) is 13.0 Å². The number of para-hydroxylation sites is 1. The van der Waals surface area contributed by atoms with E-state index in [1.54, 1.807) is 30.5 Å². The third-order valence-corrected chi connectivity index (χ3v) is 3.04. The number of benzene rings is 1. The maximum atomic E-state index is 12.2. The van der Waals surface area contributed by atoms with E-state index in [2.05, 4.69) is 31.7 Å². The first kappa shape index (κ1) is 13.5. The molecule has 5 nitrogen and oxygen atoms in total. The van der Waals surface area contributed by atoms with Gasteiger partial charge in [0.25, 0.3) is 5.91 Å². The summed E-state index contributed by atoms with van der Waals surface area (Å²) in [5.41, 5.74) is 4.40. The molecule has 4 N–H and O–H groups in total. The minimum Gasteiger partial charge on any atom is -0.323 e. The van der Waals surface area contributed by atoms with Crippen LogP contribution in [-0.4, -0.2) is 10.9 Å². The number of carbonyl (C=O) groups is 1. The Morgan fingerprint density at radius 2 is 2.11 bits per heavy atom. The van der Waals surface area contributed by atoms with Gasteiger partial charge >= 0.3 is 0 Å². The van der Waals surface area contributed by atoms with Crippen LogP contribution in [0.1, 0.15) is 15.9 Å². The summed E-state index contributed by atoms with van der Waals surface area (Å²) in [5, 5.41) is 2.76. The summed E-state index contributed by atoms with van der Waals surface area (Å²) < 4.78 is 0.868. The Morgan fingerprint density at radius 1 is 1.37 bits per heavy atom. The number of aromatic nitrogens is 1. The zero-order chi connectivity index (χ0) is 13.8. The molecule has 0 saturated carbocycles. The minimum atomic E-state index is -0.258. The Kier molecular flexibility index (Phi) is 4.13. The highest BCUT2D eigenvalue weighted by Crippen LogP contribution is 2.19. The highest BCUT2D eigenvalue weighted by atomic mass is 79.9. The second kappa shape index (κ2) is 5.81. The number of nitrogens with two attached hydrogens (primary N) is 1. The molecule has 0 unspecified atom stereocenters. The smallest absolute Gasteiger partial charge is 0.258 e. The summed E-state index contributed by atoms with van der Waals surface area (Å²) in [6.07, 6.45) is 1.63. The van der Waals surface area contributed by atoms with Gasteiger partial charge in [-0.25, -0.2) is 4.98 Å². The van der Waals surface area contributed by atoms with E-state index in [0.29, 0.717) is 17.1 Å². The average molecular weight is 321 g/mol. The maximum Gasteiger partial charge on any atom is 0.258 e. The maximum absolute atomic E-state index is 12.2. The lowest BCUT2D eigenvalue weighted by Gasteiger charge is -2.10. The second-order valence-electron chi connectivity index (χ2n) is 3.96. The third-order valence-electron chi connectivity index (χ3n) is 2.60. The van der Waals surface area contributed by atoms with Crippen LogP contribution in [0.25, 0.3) is 0 Å². The van der Waals surface area contributed by atoms with Crippen molar-refractivity contribution in [3.05, 3.63) is 52.1 Å². The molecule has 0 bridgehead atoms. The molecule has 0 spiro atoms. The molecule has 2 rings (SSSR count). The lowest BCUT2D eigenvalue weighted by Crippen LogP contribution is -2.18. The van der Waals surface area contributed by atoms with Crippen LogP contribution in [0.5, 0.6) is 0 Å². The third kappa shape index (κ3) is 3.10. The standard InChI is InChI=1S/C13H13BrN4O/c1-8-6-9(14)7-16-12(8)17-13(19)10-4-2-3-5-11(10)18-15/h2-7,18H,15H2,1H3,(H,16,17,19). The molecule has 1 amide bonds. The summed E-state index contributed by atoms with van der Waals surface area (Å²) in [6, 6.07) is 8.89. The topological polar surface area (TPSA) is 80.0 Å². The summed E-state index contributed by atoms with van der Waals surface area (Å²) in [6.45, 7) is 1.88. The number of pyridine rings is 1. The summed E-state index contributed by atoms with van der Waals surface area (Å²) in [7, 11) is 0. The van der Waals surface area contributed by atoms with Crippen molar-refractivity contribution in [3.8, 4) is 0 Å². The zero-order valence-electron chi connectivity index (χ0n) is 10.3. The fourth-order valence-electron chi connectivity index (χ4n) is 1.65. The molecule has 6 heteroatoms. The van der Waals surface area contributed by atoms with Crippen LogP contribution >= 0.6 is 15.9 Å². The molecule has 0 fully saturated rings. The van der Waals surface area contributed by atoms with Gasteiger partial charge in [-0.15, -0.1) is 0 Å². The van der Waals surface area contributed by atoms with Crippen LogP contribution in [0.3, 0.4) is 0 Å². The van der Waals surface area contributed by atoms with Gasteiger partial charge in [-0.3, -0.25) is 10.6 Å². The number of rotatable bonds is 3. The van der Waals surface area contributed by atoms with Crippen LogP contribution in [0, 0.1) is 6.92 Å². The molecule has 0 aliphatic carbocycles. The van der Waals surface area contributed by atoms with E-state index in [4.69, 9.17) is 5.84 Å². The Hall–Kier alpha value is -1.92. The van der Waals surface area contributed by atoms with Gasteiger partial charge in [0.1, 0.15) is 5.82 Å². The quantitative estimate of drug-likeness (QED) is 0.600. The average Bonchev–Trinajstić information content (AvgIpc) is 2.41. The number of hydrazine groups is 1. The van der Waals surface area contributed by atoms with Crippen molar-refractivity contribution >= 4 is 33.3 Å². The van der Waals surface area contributed by atoms with Crippen LogP contribution < -0.4 is 16.6 Å². The van der Waals surface area contributed by atoms with Gasteiger partial charge in [0.15, 0.2) is 0 Å². The molecule has 19 heavy (non-hydrogen) atoms. The Bertz CT molecular complexity index is 615. The normalized spacial score (nSPS) is 10.1. The van der Waals surface area contributed by atoms with Gasteiger partial charge in [0, 0.05) is 10.7 Å². The number of halogens is 1. The SMILES string of the molecule is Cc1cc(Br)cnc1NC(=O)c1ccccc1NN. The number of anilines is 2. The molecule has 1 heterocycles. The van der Waals surface area contributed by atoms with Gasteiger partial charge in [0.2, 0.25) is 0 Å². The Balaban J connectivity index is 2.26. The molecule has 1 aromatic heterocycles. The van der Waals surface area contributed by atoms with Gasteiger partial charge in [0.05, 0.1) is 11.3 Å². The second-order valence-corrected chi connectivity index (χ2v) is 4.88. The molecule has 0 atom stereocenters. The lowest BCUT2D eigenvalue weighted by atomic mass is 10.1. The first-order valence-electron chi connectivity index (χ1n) is 5.61. The van der Waals surface area contributed by atoms with Gasteiger partial charge < -0.3 is 10.7 Å². The number of nitrogens with one attached hydrogen (secondary N) is 2. The number of aryl methyl sites for hydroxylation is 1. The van der Waals surface area contributed by atoms with E-state index in [9.17, 15) is 4.79 Å². The molecule has 0 aliphatic heterocycles. The van der Waals surface area contributed by atoms with E-state index >= 15 is 0 Å². The zero-order valence-corrected chi connectivity index (χ0v) is 11.9. The van der Waals surface area contributed by atoms with Crippen molar-refractivity contribution in [2.75, 3.05) is 10.7 Å². The summed E-state index contributed by atoms with van der Waals surface area (Å²) in [5.74, 6) is 5.65. The van der Waals surface area contributed by atoms with E-state index in [-0.39, 0.29) is 5.91 Å². The number of nitrogen functional groups attached to an aromatic ring is 1. The van der Waals surface area contributed by atoms with Crippen molar-refractivity contribution in [1.29, 1.82) is 0 Å². The fourth-order valence-corrected chi connectivity index (χ4v) is 2.10. The molecular formula is C13H13BrN4O. The van der Waals surface area contributed by atoms with E-state index in [1.165, 1.54) is 0 Å². The largest absolute Gasteiger partial charge is 0.323 e. The van der Waals surface area contributed by atoms with Crippen molar-refractivity contribution in [1.82, 2.24) is 4.98 Å². The number of carbonyl (C=O) groups excluding carboxylic acids is 1.